The van der Waals surface area contributed by atoms with E-state index in [9.17, 15) is 14.7 Å². The molecule has 25 heavy (non-hydrogen) atoms. The first-order chi connectivity index (χ1) is 11.9. The number of nitrogens with zero attached hydrogens (tertiary/aromatic N) is 6. The van der Waals surface area contributed by atoms with Gasteiger partial charge in [0.2, 0.25) is 5.89 Å². The molecule has 0 aliphatic heterocycles. The van der Waals surface area contributed by atoms with Crippen LogP contribution in [0.4, 0.5) is 0 Å². The standard InChI is InChI=1S/C15H20N6O4/c1-4-5-11-17-10(18-25-11)6-9(22)7-21-8-16-13-12(21)14(23)20(3)15(24)19(13)2/h8-9,22H,4-7H2,1-3H3. The highest BCUT2D eigenvalue weighted by molar-refractivity contribution is 5.69. The van der Waals surface area contributed by atoms with E-state index in [0.717, 1.165) is 11.0 Å². The molecule has 0 aliphatic rings. The van der Waals surface area contributed by atoms with Crippen LogP contribution in [0.1, 0.15) is 25.1 Å². The van der Waals surface area contributed by atoms with Crippen LogP contribution >= 0.6 is 0 Å². The summed E-state index contributed by atoms with van der Waals surface area (Å²) in [6.45, 7) is 2.14. The summed E-state index contributed by atoms with van der Waals surface area (Å²) in [5, 5.41) is 14.2. The molecule has 0 radical (unpaired) electrons. The Balaban J connectivity index is 1.85. The second kappa shape index (κ2) is 6.63. The number of aromatic nitrogens is 6. The number of rotatable bonds is 6. The van der Waals surface area contributed by atoms with Crippen LogP contribution in [-0.2, 0) is 33.5 Å². The van der Waals surface area contributed by atoms with Crippen molar-refractivity contribution in [3.8, 4) is 0 Å². The molecule has 10 nitrogen and oxygen atoms in total. The van der Waals surface area contributed by atoms with Gasteiger partial charge >= 0.3 is 5.69 Å². The average molecular weight is 348 g/mol. The fourth-order valence-corrected chi connectivity index (χ4v) is 2.73. The van der Waals surface area contributed by atoms with Crippen molar-refractivity contribution in [1.29, 1.82) is 0 Å². The van der Waals surface area contributed by atoms with Gasteiger partial charge in [-0.25, -0.2) is 9.78 Å². The Labute approximate surface area is 142 Å². The van der Waals surface area contributed by atoms with E-state index in [-0.39, 0.29) is 24.1 Å². The summed E-state index contributed by atoms with van der Waals surface area (Å²) in [4.78, 5) is 32.6. The molecule has 3 rings (SSSR count). The lowest BCUT2D eigenvalue weighted by atomic mass is 10.2. The average Bonchev–Trinajstić information content (AvgIpc) is 3.18. The molecule has 0 bridgehead atoms. The molecule has 0 aromatic carbocycles. The first-order valence-electron chi connectivity index (χ1n) is 8.02. The van der Waals surface area contributed by atoms with Crippen molar-refractivity contribution >= 4 is 11.2 Å². The van der Waals surface area contributed by atoms with Gasteiger partial charge in [-0.3, -0.25) is 13.9 Å². The molecular formula is C15H20N6O4. The summed E-state index contributed by atoms with van der Waals surface area (Å²) < 4.78 is 8.95. The lowest BCUT2D eigenvalue weighted by Crippen LogP contribution is -2.37. The molecule has 0 saturated carbocycles. The Morgan fingerprint density at radius 1 is 1.28 bits per heavy atom. The van der Waals surface area contributed by atoms with Crippen LogP contribution in [0.5, 0.6) is 0 Å². The van der Waals surface area contributed by atoms with E-state index in [1.807, 2.05) is 6.92 Å². The molecule has 134 valence electrons. The third-order valence-electron chi connectivity index (χ3n) is 4.02. The van der Waals surface area contributed by atoms with Crippen molar-refractivity contribution < 1.29 is 9.63 Å². The van der Waals surface area contributed by atoms with Crippen LogP contribution < -0.4 is 11.2 Å². The predicted molar refractivity (Wildman–Crippen MR) is 88.2 cm³/mol. The number of fused-ring (bicyclic) bond motifs is 1. The molecule has 10 heteroatoms. The largest absolute Gasteiger partial charge is 0.391 e. The second-order valence-electron chi connectivity index (χ2n) is 5.99. The van der Waals surface area contributed by atoms with Gasteiger partial charge < -0.3 is 14.2 Å². The van der Waals surface area contributed by atoms with Gasteiger partial charge in [0.1, 0.15) is 0 Å². The van der Waals surface area contributed by atoms with Crippen LogP contribution in [0.15, 0.2) is 20.4 Å². The van der Waals surface area contributed by atoms with Gasteiger partial charge in [-0.1, -0.05) is 12.1 Å². The second-order valence-corrected chi connectivity index (χ2v) is 5.99. The van der Waals surface area contributed by atoms with E-state index in [2.05, 4.69) is 15.1 Å². The van der Waals surface area contributed by atoms with Gasteiger partial charge in [0, 0.05) is 26.9 Å². The summed E-state index contributed by atoms with van der Waals surface area (Å²) in [5.41, 5.74) is -0.348. The smallest absolute Gasteiger partial charge is 0.332 e. The first-order valence-corrected chi connectivity index (χ1v) is 8.02. The fourth-order valence-electron chi connectivity index (χ4n) is 2.73. The molecule has 3 aromatic rings. The highest BCUT2D eigenvalue weighted by Gasteiger charge is 2.18. The number of aliphatic hydroxyl groups excluding tert-OH is 1. The molecule has 0 spiro atoms. The van der Waals surface area contributed by atoms with E-state index in [1.54, 1.807) is 7.05 Å². The molecule has 3 aromatic heterocycles. The minimum atomic E-state index is -0.827. The highest BCUT2D eigenvalue weighted by Crippen LogP contribution is 2.09. The highest BCUT2D eigenvalue weighted by atomic mass is 16.5. The van der Waals surface area contributed by atoms with Crippen molar-refractivity contribution in [2.24, 2.45) is 14.1 Å². The Morgan fingerprint density at radius 2 is 2.04 bits per heavy atom. The van der Waals surface area contributed by atoms with Crippen LogP contribution in [0.3, 0.4) is 0 Å². The maximum absolute atomic E-state index is 12.4. The van der Waals surface area contributed by atoms with Gasteiger partial charge in [0.25, 0.3) is 5.56 Å². The van der Waals surface area contributed by atoms with Gasteiger partial charge in [-0.05, 0) is 6.42 Å². The summed E-state index contributed by atoms with van der Waals surface area (Å²) in [6.07, 6.45) is 2.39. The van der Waals surface area contributed by atoms with Crippen LogP contribution in [0.25, 0.3) is 11.2 Å². The maximum Gasteiger partial charge on any atom is 0.332 e. The molecule has 1 atom stereocenters. The number of aliphatic hydroxyl groups is 1. The van der Waals surface area contributed by atoms with Crippen LogP contribution in [-0.4, -0.2) is 40.0 Å². The minimum absolute atomic E-state index is 0.127. The van der Waals surface area contributed by atoms with Gasteiger partial charge in [-0.2, -0.15) is 4.98 Å². The summed E-state index contributed by atoms with van der Waals surface area (Å²) >= 11 is 0. The third-order valence-corrected chi connectivity index (χ3v) is 4.02. The zero-order chi connectivity index (χ0) is 18.1. The Morgan fingerprint density at radius 3 is 2.76 bits per heavy atom. The number of hydrogen-bond acceptors (Lipinski definition) is 7. The maximum atomic E-state index is 12.4. The van der Waals surface area contributed by atoms with E-state index in [4.69, 9.17) is 4.52 Å². The SMILES string of the molecule is CCCc1nc(CC(O)Cn2cnc3c2c(=O)n(C)c(=O)n3C)no1. The molecule has 0 aliphatic carbocycles. The van der Waals surface area contributed by atoms with Crippen molar-refractivity contribution in [1.82, 2.24) is 28.8 Å². The van der Waals surface area contributed by atoms with E-state index in [0.29, 0.717) is 18.1 Å². The number of hydrogen-bond donors (Lipinski definition) is 1. The van der Waals surface area contributed by atoms with Gasteiger partial charge in [-0.15, -0.1) is 0 Å². The first kappa shape index (κ1) is 17.1. The summed E-state index contributed by atoms with van der Waals surface area (Å²) in [6, 6.07) is 0. The van der Waals surface area contributed by atoms with Crippen LogP contribution in [0, 0.1) is 0 Å². The van der Waals surface area contributed by atoms with Crippen molar-refractivity contribution in [2.75, 3.05) is 0 Å². The van der Waals surface area contributed by atoms with Crippen molar-refractivity contribution in [3.63, 3.8) is 0 Å². The molecule has 0 saturated heterocycles. The third kappa shape index (κ3) is 3.12. The fraction of sp³-hybridized carbons (Fsp3) is 0.533. The van der Waals surface area contributed by atoms with E-state index < -0.39 is 17.4 Å². The van der Waals surface area contributed by atoms with E-state index >= 15 is 0 Å². The predicted octanol–water partition coefficient (Wildman–Crippen LogP) is -0.627. The summed E-state index contributed by atoms with van der Waals surface area (Å²) in [7, 11) is 2.96. The van der Waals surface area contributed by atoms with Crippen LogP contribution in [0.2, 0.25) is 0 Å². The molecule has 3 heterocycles. The lowest BCUT2D eigenvalue weighted by molar-refractivity contribution is 0.152. The zero-order valence-corrected chi connectivity index (χ0v) is 14.3. The molecule has 1 unspecified atom stereocenters. The monoisotopic (exact) mass is 348 g/mol. The number of aryl methyl sites for hydroxylation is 2. The van der Waals surface area contributed by atoms with Gasteiger partial charge in [0.05, 0.1) is 19.0 Å². The Kier molecular flexibility index (Phi) is 4.53. The van der Waals surface area contributed by atoms with Crippen molar-refractivity contribution in [3.05, 3.63) is 38.9 Å². The van der Waals surface area contributed by atoms with Gasteiger partial charge in [0.15, 0.2) is 17.0 Å². The Bertz CT molecular complexity index is 1010. The molecular weight excluding hydrogens is 328 g/mol. The quantitative estimate of drug-likeness (QED) is 0.629. The van der Waals surface area contributed by atoms with Crippen molar-refractivity contribution in [2.45, 2.75) is 38.8 Å². The minimum Gasteiger partial charge on any atom is -0.391 e. The number of imidazole rings is 1. The summed E-state index contributed by atoms with van der Waals surface area (Å²) in [5.74, 6) is 0.960. The topological polar surface area (TPSA) is 121 Å². The normalized spacial score (nSPS) is 12.8. The lowest BCUT2D eigenvalue weighted by Gasteiger charge is -2.10. The molecule has 0 amide bonds. The van der Waals surface area contributed by atoms with E-state index in [1.165, 1.54) is 22.5 Å². The molecule has 0 fully saturated rings. The molecule has 1 N–H and O–H groups in total. The Hall–Kier alpha value is -2.75. The zero-order valence-electron chi connectivity index (χ0n) is 14.3.